The van der Waals surface area contributed by atoms with Gasteiger partial charge in [0, 0.05) is 24.2 Å². The number of benzene rings is 1. The minimum Gasteiger partial charge on any atom is -0.497 e. The highest BCUT2D eigenvalue weighted by atomic mass is 16.5. The van der Waals surface area contributed by atoms with Crippen molar-refractivity contribution in [2.75, 3.05) is 20.8 Å². The second kappa shape index (κ2) is 7.66. The van der Waals surface area contributed by atoms with Crippen molar-refractivity contribution < 1.29 is 14.6 Å². The van der Waals surface area contributed by atoms with Gasteiger partial charge in [-0.1, -0.05) is 26.3 Å². The molecule has 0 spiro atoms. The van der Waals surface area contributed by atoms with E-state index in [1.807, 2.05) is 25.1 Å². The van der Waals surface area contributed by atoms with Crippen LogP contribution in [0.5, 0.6) is 11.5 Å². The Kier molecular flexibility index (Phi) is 6.49. The van der Waals surface area contributed by atoms with Crippen LogP contribution in [-0.4, -0.2) is 31.5 Å². The van der Waals surface area contributed by atoms with E-state index in [2.05, 4.69) is 26.1 Å². The monoisotopic (exact) mass is 295 g/mol. The molecule has 1 aromatic carbocycles. The van der Waals surface area contributed by atoms with E-state index in [1.54, 1.807) is 14.2 Å². The second-order valence-electron chi connectivity index (χ2n) is 5.88. The van der Waals surface area contributed by atoms with Gasteiger partial charge in [0.2, 0.25) is 0 Å². The van der Waals surface area contributed by atoms with Gasteiger partial charge in [0.1, 0.15) is 11.5 Å². The van der Waals surface area contributed by atoms with Gasteiger partial charge in [-0.15, -0.1) is 0 Å². The molecule has 21 heavy (non-hydrogen) atoms. The van der Waals surface area contributed by atoms with Crippen molar-refractivity contribution >= 4 is 0 Å². The first kappa shape index (κ1) is 17.8. The van der Waals surface area contributed by atoms with Crippen LogP contribution in [0.4, 0.5) is 0 Å². The number of methoxy groups -OCH3 is 2. The lowest BCUT2D eigenvalue weighted by atomic mass is 9.88. The van der Waals surface area contributed by atoms with E-state index in [1.165, 1.54) is 0 Å². The van der Waals surface area contributed by atoms with Crippen molar-refractivity contribution in [3.05, 3.63) is 23.8 Å². The molecule has 2 N–H and O–H groups in total. The number of hydrogen-bond donors (Lipinski definition) is 2. The van der Waals surface area contributed by atoms with Crippen molar-refractivity contribution in [3.63, 3.8) is 0 Å². The summed E-state index contributed by atoms with van der Waals surface area (Å²) in [5, 5.41) is 13.9. The molecule has 3 unspecified atom stereocenters. The first-order valence-corrected chi connectivity index (χ1v) is 7.53. The lowest BCUT2D eigenvalue weighted by Crippen LogP contribution is -2.43. The van der Waals surface area contributed by atoms with Gasteiger partial charge < -0.3 is 19.9 Å². The third kappa shape index (κ3) is 4.61. The molecule has 0 aromatic heterocycles. The van der Waals surface area contributed by atoms with Crippen LogP contribution in [0.15, 0.2) is 18.2 Å². The molecule has 0 aliphatic rings. The molecule has 0 aliphatic heterocycles. The maximum atomic E-state index is 10.5. The average Bonchev–Trinajstić information content (AvgIpc) is 2.50. The Bertz CT molecular complexity index is 446. The van der Waals surface area contributed by atoms with Crippen LogP contribution in [0.25, 0.3) is 0 Å². The maximum absolute atomic E-state index is 10.5. The largest absolute Gasteiger partial charge is 0.497 e. The molecule has 0 radical (unpaired) electrons. The predicted octanol–water partition coefficient (Wildman–Crippen LogP) is 3.15. The summed E-state index contributed by atoms with van der Waals surface area (Å²) < 4.78 is 10.6. The summed E-state index contributed by atoms with van der Waals surface area (Å²) in [6.07, 6.45) is 0.953. The fourth-order valence-electron chi connectivity index (χ4n) is 2.26. The van der Waals surface area contributed by atoms with Gasteiger partial charge >= 0.3 is 0 Å². The molecule has 0 heterocycles. The summed E-state index contributed by atoms with van der Waals surface area (Å²) in [4.78, 5) is 0. The number of hydrogen-bond acceptors (Lipinski definition) is 4. The van der Waals surface area contributed by atoms with E-state index < -0.39 is 5.60 Å². The van der Waals surface area contributed by atoms with Crippen LogP contribution >= 0.6 is 0 Å². The van der Waals surface area contributed by atoms with Gasteiger partial charge in [-0.3, -0.25) is 0 Å². The Morgan fingerprint density at radius 3 is 2.43 bits per heavy atom. The third-order valence-electron chi connectivity index (χ3n) is 4.35. The van der Waals surface area contributed by atoms with E-state index in [9.17, 15) is 5.11 Å². The molecular formula is C17H29NO3. The number of ether oxygens (including phenoxy) is 2. The van der Waals surface area contributed by atoms with Crippen molar-refractivity contribution in [3.8, 4) is 11.5 Å². The molecule has 1 aromatic rings. The predicted molar refractivity (Wildman–Crippen MR) is 86.0 cm³/mol. The zero-order valence-corrected chi connectivity index (χ0v) is 14.1. The second-order valence-corrected chi connectivity index (χ2v) is 5.88. The Balaban J connectivity index is 2.78. The first-order chi connectivity index (χ1) is 9.85. The Morgan fingerprint density at radius 1 is 1.24 bits per heavy atom. The molecule has 1 rings (SSSR count). The van der Waals surface area contributed by atoms with Crippen molar-refractivity contribution in [2.45, 2.75) is 45.8 Å². The number of rotatable bonds is 8. The van der Waals surface area contributed by atoms with Crippen LogP contribution in [-0.2, 0) is 0 Å². The molecule has 0 saturated carbocycles. The van der Waals surface area contributed by atoms with E-state index in [0.717, 1.165) is 23.5 Å². The van der Waals surface area contributed by atoms with Crippen molar-refractivity contribution in [1.29, 1.82) is 0 Å². The standard InChI is InChI=1S/C17H29NO3/c1-7-12(2)17(4,19)11-18-13(3)15-9-8-14(20-5)10-16(15)21-6/h8-10,12-13,18-19H,7,11H2,1-6H3. The highest BCUT2D eigenvalue weighted by Gasteiger charge is 2.27. The Morgan fingerprint density at radius 2 is 1.90 bits per heavy atom. The summed E-state index contributed by atoms with van der Waals surface area (Å²) in [6, 6.07) is 5.87. The SMILES string of the molecule is CCC(C)C(C)(O)CNC(C)c1ccc(OC)cc1OC. The van der Waals surface area contributed by atoms with Crippen molar-refractivity contribution in [1.82, 2.24) is 5.32 Å². The van der Waals surface area contributed by atoms with Gasteiger partial charge in [-0.2, -0.15) is 0 Å². The molecule has 3 atom stereocenters. The molecule has 0 fully saturated rings. The summed E-state index contributed by atoms with van der Waals surface area (Å²) in [7, 11) is 3.29. The topological polar surface area (TPSA) is 50.7 Å². The quantitative estimate of drug-likeness (QED) is 0.773. The fraction of sp³-hybridized carbons (Fsp3) is 0.647. The molecule has 4 heteroatoms. The van der Waals surface area contributed by atoms with Gasteiger partial charge in [-0.25, -0.2) is 0 Å². The van der Waals surface area contributed by atoms with Crippen LogP contribution in [0.2, 0.25) is 0 Å². The molecule has 0 amide bonds. The molecular weight excluding hydrogens is 266 g/mol. The van der Waals surface area contributed by atoms with Crippen LogP contribution in [0, 0.1) is 5.92 Å². The van der Waals surface area contributed by atoms with Gasteiger partial charge in [0.05, 0.1) is 19.8 Å². The van der Waals surface area contributed by atoms with Crippen LogP contribution in [0.1, 0.15) is 45.7 Å². The zero-order valence-electron chi connectivity index (χ0n) is 14.1. The third-order valence-corrected chi connectivity index (χ3v) is 4.35. The lowest BCUT2D eigenvalue weighted by Gasteiger charge is -2.31. The van der Waals surface area contributed by atoms with Crippen LogP contribution < -0.4 is 14.8 Å². The minimum absolute atomic E-state index is 0.0846. The van der Waals surface area contributed by atoms with Gasteiger partial charge in [-0.05, 0) is 25.8 Å². The lowest BCUT2D eigenvalue weighted by molar-refractivity contribution is 0.00359. The Labute approximate surface area is 128 Å². The molecule has 0 bridgehead atoms. The average molecular weight is 295 g/mol. The highest BCUT2D eigenvalue weighted by molar-refractivity contribution is 5.42. The van der Waals surface area contributed by atoms with E-state index in [-0.39, 0.29) is 12.0 Å². The van der Waals surface area contributed by atoms with E-state index >= 15 is 0 Å². The maximum Gasteiger partial charge on any atom is 0.127 e. The van der Waals surface area contributed by atoms with Crippen LogP contribution in [0.3, 0.4) is 0 Å². The zero-order chi connectivity index (χ0) is 16.0. The molecule has 0 aliphatic carbocycles. The van der Waals surface area contributed by atoms with E-state index in [4.69, 9.17) is 9.47 Å². The van der Waals surface area contributed by atoms with Gasteiger partial charge in [0.25, 0.3) is 0 Å². The summed E-state index contributed by atoms with van der Waals surface area (Å²) in [5.41, 5.74) is 0.334. The normalized spacial score (nSPS) is 16.9. The number of aliphatic hydroxyl groups is 1. The summed E-state index contributed by atoms with van der Waals surface area (Å²) in [5.74, 6) is 1.81. The molecule has 4 nitrogen and oxygen atoms in total. The fourth-order valence-corrected chi connectivity index (χ4v) is 2.26. The van der Waals surface area contributed by atoms with Crippen molar-refractivity contribution in [2.24, 2.45) is 5.92 Å². The first-order valence-electron chi connectivity index (χ1n) is 7.53. The van der Waals surface area contributed by atoms with Gasteiger partial charge in [0.15, 0.2) is 0 Å². The summed E-state index contributed by atoms with van der Waals surface area (Å²) >= 11 is 0. The molecule has 120 valence electrons. The smallest absolute Gasteiger partial charge is 0.127 e. The van der Waals surface area contributed by atoms with E-state index in [0.29, 0.717) is 6.54 Å². The summed E-state index contributed by atoms with van der Waals surface area (Å²) in [6.45, 7) is 8.65. The Hall–Kier alpha value is -1.26. The minimum atomic E-state index is -0.720. The highest BCUT2D eigenvalue weighted by Crippen LogP contribution is 2.30. The number of nitrogens with one attached hydrogen (secondary N) is 1. The molecule has 0 saturated heterocycles.